The van der Waals surface area contributed by atoms with Crippen molar-refractivity contribution in [3.63, 3.8) is 0 Å². The Labute approximate surface area is 231 Å². The van der Waals surface area contributed by atoms with Gasteiger partial charge >= 0.3 is 0 Å². The number of fused-ring (bicyclic) bond motifs is 2. The lowest BCUT2D eigenvalue weighted by Gasteiger charge is -2.25. The summed E-state index contributed by atoms with van der Waals surface area (Å²) in [6.07, 6.45) is 0. The van der Waals surface area contributed by atoms with Crippen molar-refractivity contribution in [3.8, 4) is 5.75 Å². The van der Waals surface area contributed by atoms with Gasteiger partial charge in [0.25, 0.3) is 5.91 Å². The van der Waals surface area contributed by atoms with Crippen LogP contribution in [0.1, 0.15) is 50.0 Å². The van der Waals surface area contributed by atoms with Crippen LogP contribution < -0.4 is 10.2 Å². The number of benzene rings is 4. The van der Waals surface area contributed by atoms with Gasteiger partial charge in [-0.15, -0.1) is 0 Å². The Balaban J connectivity index is 1.43. The maximum Gasteiger partial charge on any atom is 0.291 e. The van der Waals surface area contributed by atoms with Crippen LogP contribution in [0.5, 0.6) is 5.75 Å². The molecule has 0 N–H and O–H groups in total. The number of hydrogen-bond acceptors (Lipinski definition) is 4. The molecular formula is C33H26ClNO4. The van der Waals surface area contributed by atoms with Crippen LogP contribution in [0.4, 0.5) is 0 Å². The van der Waals surface area contributed by atoms with E-state index in [1.807, 2.05) is 98.8 Å². The standard InChI is InChI=1S/C33H26ClNO4/c1-20-16-26-28(17-21(20)2)39-32-29(31(26)36)30(35(33(32)37)18-24-10-6-7-11-27(24)34)23-12-14-25(15-13-23)38-19-22-8-4-3-5-9-22/h3-17,30H,18-19H2,1-2H3. The summed E-state index contributed by atoms with van der Waals surface area (Å²) in [5.41, 5.74) is 5.19. The lowest BCUT2D eigenvalue weighted by molar-refractivity contribution is 0.0714. The Morgan fingerprint density at radius 1 is 0.872 bits per heavy atom. The summed E-state index contributed by atoms with van der Waals surface area (Å²) in [5.74, 6) is 0.440. The molecule has 0 radical (unpaired) electrons. The highest BCUT2D eigenvalue weighted by atomic mass is 35.5. The monoisotopic (exact) mass is 535 g/mol. The molecule has 5 nitrogen and oxygen atoms in total. The second-order valence-corrected chi connectivity index (χ2v) is 10.3. The third kappa shape index (κ3) is 4.59. The molecule has 0 aliphatic carbocycles. The molecule has 4 aromatic carbocycles. The van der Waals surface area contributed by atoms with Crippen LogP contribution in [0, 0.1) is 13.8 Å². The lowest BCUT2D eigenvalue weighted by atomic mass is 9.97. The van der Waals surface area contributed by atoms with Crippen molar-refractivity contribution < 1.29 is 13.9 Å². The van der Waals surface area contributed by atoms with Crippen molar-refractivity contribution in [1.29, 1.82) is 0 Å². The van der Waals surface area contributed by atoms with E-state index >= 15 is 0 Å². The summed E-state index contributed by atoms with van der Waals surface area (Å²) in [6.45, 7) is 4.59. The molecule has 39 heavy (non-hydrogen) atoms. The van der Waals surface area contributed by atoms with E-state index in [-0.39, 0.29) is 23.6 Å². The number of rotatable bonds is 6. The van der Waals surface area contributed by atoms with Gasteiger partial charge < -0.3 is 14.1 Å². The van der Waals surface area contributed by atoms with Gasteiger partial charge in [-0.05, 0) is 72.0 Å². The topological polar surface area (TPSA) is 59.8 Å². The minimum atomic E-state index is -0.630. The van der Waals surface area contributed by atoms with E-state index in [0.717, 1.165) is 27.8 Å². The molecule has 1 aliphatic heterocycles. The van der Waals surface area contributed by atoms with Gasteiger partial charge in [0.2, 0.25) is 5.76 Å². The van der Waals surface area contributed by atoms with E-state index in [2.05, 4.69) is 0 Å². The van der Waals surface area contributed by atoms with E-state index in [0.29, 0.717) is 33.9 Å². The molecule has 2 heterocycles. The molecule has 0 spiro atoms. The third-order valence-corrected chi connectivity index (χ3v) is 7.69. The maximum atomic E-state index is 13.9. The highest BCUT2D eigenvalue weighted by molar-refractivity contribution is 6.31. The minimum absolute atomic E-state index is 0.0808. The molecule has 6 rings (SSSR count). The molecule has 1 aliphatic rings. The molecule has 0 saturated carbocycles. The number of aryl methyl sites for hydroxylation is 2. The van der Waals surface area contributed by atoms with Gasteiger partial charge in [0, 0.05) is 11.6 Å². The number of carbonyl (C=O) groups is 1. The van der Waals surface area contributed by atoms with Gasteiger partial charge in [-0.25, -0.2) is 0 Å². The van der Waals surface area contributed by atoms with Crippen molar-refractivity contribution in [2.75, 3.05) is 0 Å². The number of ether oxygens (including phenoxy) is 1. The van der Waals surface area contributed by atoms with E-state index < -0.39 is 6.04 Å². The number of hydrogen-bond donors (Lipinski definition) is 0. The number of halogens is 1. The van der Waals surface area contributed by atoms with E-state index in [4.69, 9.17) is 20.8 Å². The molecule has 0 saturated heterocycles. The number of amides is 1. The first-order valence-electron chi connectivity index (χ1n) is 12.8. The minimum Gasteiger partial charge on any atom is -0.489 e. The molecule has 194 valence electrons. The average molecular weight is 536 g/mol. The van der Waals surface area contributed by atoms with Gasteiger partial charge in [-0.2, -0.15) is 0 Å². The smallest absolute Gasteiger partial charge is 0.291 e. The number of nitrogens with zero attached hydrogens (tertiary/aromatic N) is 1. The Bertz CT molecular complexity index is 1760. The first-order chi connectivity index (χ1) is 18.9. The van der Waals surface area contributed by atoms with Crippen molar-refractivity contribution >= 4 is 28.5 Å². The largest absolute Gasteiger partial charge is 0.489 e. The first-order valence-corrected chi connectivity index (χ1v) is 13.2. The van der Waals surface area contributed by atoms with Crippen LogP contribution in [0.2, 0.25) is 5.02 Å². The van der Waals surface area contributed by atoms with E-state index in [1.54, 1.807) is 11.0 Å². The molecule has 1 atom stereocenters. The Morgan fingerprint density at radius 3 is 2.31 bits per heavy atom. The predicted octanol–water partition coefficient (Wildman–Crippen LogP) is 7.39. The molecule has 0 fully saturated rings. The van der Waals surface area contributed by atoms with Crippen LogP contribution in [0.15, 0.2) is 100 Å². The summed E-state index contributed by atoms with van der Waals surface area (Å²) in [7, 11) is 0. The summed E-state index contributed by atoms with van der Waals surface area (Å²) in [4.78, 5) is 29.4. The maximum absolute atomic E-state index is 13.9. The zero-order valence-electron chi connectivity index (χ0n) is 21.6. The lowest BCUT2D eigenvalue weighted by Crippen LogP contribution is -2.29. The van der Waals surface area contributed by atoms with Gasteiger partial charge in [0.05, 0.1) is 17.0 Å². The molecular weight excluding hydrogens is 510 g/mol. The summed E-state index contributed by atoms with van der Waals surface area (Å²) < 4.78 is 12.1. The van der Waals surface area contributed by atoms with E-state index in [1.165, 1.54) is 0 Å². The normalized spacial score (nSPS) is 14.6. The quantitative estimate of drug-likeness (QED) is 0.227. The second kappa shape index (κ2) is 10.1. The van der Waals surface area contributed by atoms with Crippen LogP contribution in [0.25, 0.3) is 11.0 Å². The van der Waals surface area contributed by atoms with Crippen LogP contribution >= 0.6 is 11.6 Å². The number of carbonyl (C=O) groups excluding carboxylic acids is 1. The van der Waals surface area contributed by atoms with Crippen LogP contribution in [-0.4, -0.2) is 10.8 Å². The first kappa shape index (κ1) is 25.0. The van der Waals surface area contributed by atoms with Crippen molar-refractivity contribution in [3.05, 3.63) is 145 Å². The molecule has 1 unspecified atom stereocenters. The molecule has 1 aromatic heterocycles. The Kier molecular flexibility index (Phi) is 6.45. The summed E-state index contributed by atoms with van der Waals surface area (Å²) in [5, 5.41) is 1.03. The third-order valence-electron chi connectivity index (χ3n) is 7.32. The van der Waals surface area contributed by atoms with Gasteiger partial charge in [-0.3, -0.25) is 9.59 Å². The highest BCUT2D eigenvalue weighted by Gasteiger charge is 2.43. The van der Waals surface area contributed by atoms with Crippen LogP contribution in [-0.2, 0) is 13.2 Å². The highest BCUT2D eigenvalue weighted by Crippen LogP contribution is 2.40. The average Bonchev–Trinajstić information content (AvgIpc) is 3.22. The molecule has 1 amide bonds. The van der Waals surface area contributed by atoms with Gasteiger partial charge in [0.1, 0.15) is 17.9 Å². The van der Waals surface area contributed by atoms with Crippen molar-refractivity contribution in [2.45, 2.75) is 33.0 Å². The Hall–Kier alpha value is -4.35. The fourth-order valence-corrected chi connectivity index (χ4v) is 5.28. The van der Waals surface area contributed by atoms with Crippen LogP contribution in [0.3, 0.4) is 0 Å². The van der Waals surface area contributed by atoms with Gasteiger partial charge in [-0.1, -0.05) is 72.3 Å². The van der Waals surface area contributed by atoms with Crippen molar-refractivity contribution in [2.24, 2.45) is 0 Å². The predicted molar refractivity (Wildman–Crippen MR) is 152 cm³/mol. The molecule has 6 heteroatoms. The molecule has 0 bridgehead atoms. The van der Waals surface area contributed by atoms with Gasteiger partial charge in [0.15, 0.2) is 5.43 Å². The Morgan fingerprint density at radius 2 is 1.56 bits per heavy atom. The summed E-state index contributed by atoms with van der Waals surface area (Å²) >= 11 is 6.47. The zero-order valence-corrected chi connectivity index (χ0v) is 22.4. The second-order valence-electron chi connectivity index (χ2n) is 9.88. The van der Waals surface area contributed by atoms with E-state index in [9.17, 15) is 9.59 Å². The fraction of sp³-hybridized carbons (Fsp3) is 0.152. The fourth-order valence-electron chi connectivity index (χ4n) is 5.08. The SMILES string of the molecule is Cc1cc2oc3c(c(=O)c2cc1C)C(c1ccc(OCc2ccccc2)cc1)N(Cc1ccccc1Cl)C3=O. The van der Waals surface area contributed by atoms with Crippen molar-refractivity contribution in [1.82, 2.24) is 4.90 Å². The summed E-state index contributed by atoms with van der Waals surface area (Å²) in [6, 6.07) is 27.9. The zero-order chi connectivity index (χ0) is 27.1. The molecule has 5 aromatic rings.